The van der Waals surface area contributed by atoms with Crippen molar-refractivity contribution in [2.24, 2.45) is 0 Å². The molecule has 3 aromatic heterocycles. The Morgan fingerprint density at radius 2 is 0.896 bits per heavy atom. The van der Waals surface area contributed by atoms with Crippen LogP contribution in [0.5, 0.6) is 0 Å². The van der Waals surface area contributed by atoms with Crippen LogP contribution in [0.2, 0.25) is 0 Å². The molecule has 0 saturated carbocycles. The average molecular weight is 622 g/mol. The van der Waals surface area contributed by atoms with Crippen LogP contribution in [0.4, 0.5) is 34.1 Å². The number of fused-ring (bicyclic) bond motifs is 7. The summed E-state index contributed by atoms with van der Waals surface area (Å²) in [5, 5.41) is 2.88. The predicted molar refractivity (Wildman–Crippen MR) is 198 cm³/mol. The fraction of sp³-hybridized carbons (Fsp3) is 0.0465. The lowest BCUT2D eigenvalue weighted by atomic mass is 10.1. The van der Waals surface area contributed by atoms with Gasteiger partial charge < -0.3 is 18.6 Å². The van der Waals surface area contributed by atoms with Crippen LogP contribution in [-0.4, -0.2) is 4.98 Å². The third kappa shape index (κ3) is 4.67. The molecule has 0 aliphatic rings. The van der Waals surface area contributed by atoms with Gasteiger partial charge in [0.15, 0.2) is 11.2 Å². The van der Waals surface area contributed by atoms with Gasteiger partial charge in [-0.25, -0.2) is 4.98 Å². The van der Waals surface area contributed by atoms with E-state index in [0.717, 1.165) is 72.5 Å². The number of hydrogen-bond donors (Lipinski definition) is 0. The van der Waals surface area contributed by atoms with Crippen molar-refractivity contribution < 1.29 is 8.83 Å². The summed E-state index contributed by atoms with van der Waals surface area (Å²) in [6, 6.07) is 50.7. The highest BCUT2D eigenvalue weighted by Crippen LogP contribution is 2.43. The monoisotopic (exact) mass is 621 g/mol. The first-order chi connectivity index (χ1) is 23.6. The van der Waals surface area contributed by atoms with Crippen molar-refractivity contribution in [1.29, 1.82) is 0 Å². The maximum absolute atomic E-state index is 6.68. The van der Waals surface area contributed by atoms with Crippen molar-refractivity contribution in [3.8, 4) is 0 Å². The number of nitrogens with zero attached hydrogens (tertiary/aromatic N) is 3. The third-order valence-corrected chi connectivity index (χ3v) is 9.02. The predicted octanol–water partition coefficient (Wildman–Crippen LogP) is 12.4. The Kier molecular flexibility index (Phi) is 6.51. The molecule has 0 aliphatic heterocycles. The molecule has 230 valence electrons. The highest BCUT2D eigenvalue weighted by atomic mass is 16.3. The van der Waals surface area contributed by atoms with Gasteiger partial charge in [0.2, 0.25) is 0 Å². The summed E-state index contributed by atoms with van der Waals surface area (Å²) in [7, 11) is 0. The molecule has 0 saturated heterocycles. The molecule has 0 radical (unpaired) electrons. The van der Waals surface area contributed by atoms with E-state index in [-0.39, 0.29) is 0 Å². The lowest BCUT2D eigenvalue weighted by molar-refractivity contribution is 0.660. The number of anilines is 6. The van der Waals surface area contributed by atoms with E-state index < -0.39 is 0 Å². The van der Waals surface area contributed by atoms with Gasteiger partial charge in [-0.1, -0.05) is 71.8 Å². The second kappa shape index (κ2) is 11.2. The van der Waals surface area contributed by atoms with Gasteiger partial charge >= 0.3 is 0 Å². The molecule has 3 heterocycles. The number of aryl methyl sites for hydroxylation is 2. The van der Waals surface area contributed by atoms with Gasteiger partial charge in [-0.3, -0.25) is 0 Å². The standard InChI is InChI=1S/C43H31N3O2/c1-28-13-17-32(18-14-28)45(30-9-5-3-6-10-30)34-21-23-36-38(25-34)47-40-27-44-42-37-24-22-35(26-39(37)48-43(42)41(36)40)46(31-11-7-4-8-12-31)33-19-15-29(2)16-20-33/h3-27H,1-2H3. The fourth-order valence-corrected chi connectivity index (χ4v) is 6.64. The normalized spacial score (nSPS) is 11.5. The molecule has 5 nitrogen and oxygen atoms in total. The van der Waals surface area contributed by atoms with Crippen molar-refractivity contribution in [3.63, 3.8) is 0 Å². The van der Waals surface area contributed by atoms with Crippen molar-refractivity contribution >= 4 is 78.1 Å². The minimum absolute atomic E-state index is 0.695. The van der Waals surface area contributed by atoms with Crippen molar-refractivity contribution in [2.45, 2.75) is 13.8 Å². The maximum atomic E-state index is 6.68. The second-order valence-electron chi connectivity index (χ2n) is 12.3. The molecule has 6 aromatic carbocycles. The molecule has 0 unspecified atom stereocenters. The lowest BCUT2D eigenvalue weighted by Crippen LogP contribution is -2.09. The number of furan rings is 2. The van der Waals surface area contributed by atoms with Gasteiger partial charge in [-0.2, -0.15) is 0 Å². The van der Waals surface area contributed by atoms with Gasteiger partial charge in [0.1, 0.15) is 16.7 Å². The van der Waals surface area contributed by atoms with Crippen molar-refractivity contribution in [3.05, 3.63) is 163 Å². The third-order valence-electron chi connectivity index (χ3n) is 9.02. The lowest BCUT2D eigenvalue weighted by Gasteiger charge is -2.25. The number of hydrogen-bond acceptors (Lipinski definition) is 5. The first-order valence-corrected chi connectivity index (χ1v) is 16.1. The zero-order valence-electron chi connectivity index (χ0n) is 26.6. The van der Waals surface area contributed by atoms with Gasteiger partial charge in [0, 0.05) is 57.0 Å². The Morgan fingerprint density at radius 3 is 1.44 bits per heavy atom. The molecular formula is C43H31N3O2. The summed E-state index contributed by atoms with van der Waals surface area (Å²) >= 11 is 0. The number of pyridine rings is 1. The minimum atomic E-state index is 0.695. The van der Waals surface area contributed by atoms with E-state index in [1.807, 2.05) is 18.3 Å². The van der Waals surface area contributed by atoms with Crippen LogP contribution in [0.1, 0.15) is 11.1 Å². The Morgan fingerprint density at radius 1 is 0.438 bits per heavy atom. The van der Waals surface area contributed by atoms with E-state index in [1.54, 1.807) is 0 Å². The quantitative estimate of drug-likeness (QED) is 0.185. The van der Waals surface area contributed by atoms with Gasteiger partial charge in [0.05, 0.1) is 11.6 Å². The van der Waals surface area contributed by atoms with Crippen LogP contribution < -0.4 is 9.80 Å². The van der Waals surface area contributed by atoms with Crippen LogP contribution in [0.15, 0.2) is 161 Å². The molecular weight excluding hydrogens is 590 g/mol. The van der Waals surface area contributed by atoms with E-state index in [1.165, 1.54) is 11.1 Å². The number of benzene rings is 6. The number of aromatic nitrogens is 1. The van der Waals surface area contributed by atoms with Crippen LogP contribution in [0, 0.1) is 13.8 Å². The summed E-state index contributed by atoms with van der Waals surface area (Å²) in [5.74, 6) is 0. The Labute approximate surface area is 277 Å². The van der Waals surface area contributed by atoms with E-state index >= 15 is 0 Å². The van der Waals surface area contributed by atoms with Crippen LogP contribution in [-0.2, 0) is 0 Å². The number of para-hydroxylation sites is 2. The molecule has 0 atom stereocenters. The summed E-state index contributed by atoms with van der Waals surface area (Å²) < 4.78 is 13.1. The Balaban J connectivity index is 1.19. The molecule has 0 bridgehead atoms. The highest BCUT2D eigenvalue weighted by Gasteiger charge is 2.21. The molecule has 0 aliphatic carbocycles. The smallest absolute Gasteiger partial charge is 0.165 e. The summed E-state index contributed by atoms with van der Waals surface area (Å²) in [4.78, 5) is 9.33. The molecule has 5 heteroatoms. The SMILES string of the molecule is Cc1ccc(N(c2ccccc2)c2ccc3c(c2)oc2c3ncc3oc4cc(N(c5ccccc5)c5ccc(C)cc5)ccc4c32)cc1. The first-order valence-electron chi connectivity index (χ1n) is 16.1. The van der Waals surface area contributed by atoms with E-state index in [2.05, 4.69) is 157 Å². The van der Waals surface area contributed by atoms with E-state index in [0.29, 0.717) is 5.58 Å². The molecule has 0 spiro atoms. The van der Waals surface area contributed by atoms with Crippen molar-refractivity contribution in [2.75, 3.05) is 9.80 Å². The maximum Gasteiger partial charge on any atom is 0.165 e. The second-order valence-corrected chi connectivity index (χ2v) is 12.3. The summed E-state index contributed by atoms with van der Waals surface area (Å²) in [5.41, 5.74) is 12.6. The van der Waals surface area contributed by atoms with E-state index in [4.69, 9.17) is 13.8 Å². The van der Waals surface area contributed by atoms with Crippen molar-refractivity contribution in [1.82, 2.24) is 4.98 Å². The van der Waals surface area contributed by atoms with Gasteiger partial charge in [-0.05, 0) is 86.6 Å². The number of rotatable bonds is 6. The summed E-state index contributed by atoms with van der Waals surface area (Å²) in [6.07, 6.45) is 1.82. The molecule has 0 N–H and O–H groups in total. The van der Waals surface area contributed by atoms with Crippen LogP contribution >= 0.6 is 0 Å². The topological polar surface area (TPSA) is 45.7 Å². The zero-order valence-corrected chi connectivity index (χ0v) is 26.6. The molecule has 0 amide bonds. The highest BCUT2D eigenvalue weighted by molar-refractivity contribution is 6.21. The molecule has 48 heavy (non-hydrogen) atoms. The molecule has 0 fully saturated rings. The van der Waals surface area contributed by atoms with Crippen LogP contribution in [0.25, 0.3) is 44.0 Å². The fourth-order valence-electron chi connectivity index (χ4n) is 6.64. The van der Waals surface area contributed by atoms with Gasteiger partial charge in [-0.15, -0.1) is 0 Å². The zero-order chi connectivity index (χ0) is 32.2. The Hall–Kier alpha value is -6.33. The average Bonchev–Trinajstić information content (AvgIpc) is 3.69. The summed E-state index contributed by atoms with van der Waals surface area (Å²) in [6.45, 7) is 4.21. The molecule has 9 rings (SSSR count). The minimum Gasteiger partial charge on any atom is -0.454 e. The largest absolute Gasteiger partial charge is 0.454 e. The van der Waals surface area contributed by atoms with E-state index in [9.17, 15) is 0 Å². The molecule has 9 aromatic rings. The van der Waals surface area contributed by atoms with Crippen LogP contribution in [0.3, 0.4) is 0 Å². The first kappa shape index (κ1) is 27.9. The Bertz CT molecular complexity index is 2570. The van der Waals surface area contributed by atoms with Gasteiger partial charge in [0.25, 0.3) is 0 Å².